The van der Waals surface area contributed by atoms with Crippen molar-refractivity contribution in [3.05, 3.63) is 15.6 Å². The second-order valence-corrected chi connectivity index (χ2v) is 6.17. The molecule has 2 aliphatic heterocycles. The van der Waals surface area contributed by atoms with Gasteiger partial charge in [-0.2, -0.15) is 0 Å². The standard InChI is InChI=1S/C12H17N3OS.2ClH/c1-7-11(17-8(2)14-7)6-15-10-3-4-13-9(10)5-12(15)16;;/h9-10,13H,3-6H2,1-2H3;2*1H/t9-,10-;;/m1../s1. The smallest absolute Gasteiger partial charge is 0.224 e. The Morgan fingerprint density at radius 1 is 1.42 bits per heavy atom. The molecule has 0 unspecified atom stereocenters. The van der Waals surface area contributed by atoms with Gasteiger partial charge in [0.15, 0.2) is 0 Å². The Hall–Kier alpha value is -0.360. The van der Waals surface area contributed by atoms with E-state index in [9.17, 15) is 4.79 Å². The molecule has 2 fully saturated rings. The number of thiazole rings is 1. The van der Waals surface area contributed by atoms with Crippen LogP contribution in [0.2, 0.25) is 0 Å². The number of carbonyl (C=O) groups excluding carboxylic acids is 1. The first-order chi connectivity index (χ1) is 8.15. The molecular weight excluding hydrogens is 305 g/mol. The number of hydrogen-bond acceptors (Lipinski definition) is 4. The predicted molar refractivity (Wildman–Crippen MR) is 81.4 cm³/mol. The van der Waals surface area contributed by atoms with Gasteiger partial charge >= 0.3 is 0 Å². The Balaban J connectivity index is 0.000000902. The van der Waals surface area contributed by atoms with Crippen LogP contribution in [0, 0.1) is 13.8 Å². The average molecular weight is 324 g/mol. The van der Waals surface area contributed by atoms with Crippen molar-refractivity contribution in [2.75, 3.05) is 6.54 Å². The molecule has 0 bridgehead atoms. The number of halogens is 2. The molecule has 1 aromatic heterocycles. The summed E-state index contributed by atoms with van der Waals surface area (Å²) in [6.07, 6.45) is 1.76. The third-order valence-corrected chi connectivity index (χ3v) is 4.80. The van der Waals surface area contributed by atoms with Gasteiger partial charge in [-0.15, -0.1) is 36.2 Å². The van der Waals surface area contributed by atoms with E-state index in [2.05, 4.69) is 10.3 Å². The molecule has 2 saturated heterocycles. The van der Waals surface area contributed by atoms with Crippen molar-refractivity contribution < 1.29 is 4.79 Å². The van der Waals surface area contributed by atoms with Crippen molar-refractivity contribution in [3.63, 3.8) is 0 Å². The Morgan fingerprint density at radius 2 is 2.16 bits per heavy atom. The summed E-state index contributed by atoms with van der Waals surface area (Å²) in [5.74, 6) is 0.289. The summed E-state index contributed by atoms with van der Waals surface area (Å²) in [7, 11) is 0. The highest BCUT2D eigenvalue weighted by Crippen LogP contribution is 2.29. The highest BCUT2D eigenvalue weighted by atomic mass is 35.5. The van der Waals surface area contributed by atoms with Crippen LogP contribution >= 0.6 is 36.2 Å². The molecule has 19 heavy (non-hydrogen) atoms. The quantitative estimate of drug-likeness (QED) is 0.906. The third-order valence-electron chi connectivity index (χ3n) is 3.74. The lowest BCUT2D eigenvalue weighted by Gasteiger charge is -2.22. The molecule has 0 saturated carbocycles. The Kier molecular flexibility index (Phi) is 5.62. The second kappa shape index (κ2) is 6.39. The zero-order valence-electron chi connectivity index (χ0n) is 11.0. The van der Waals surface area contributed by atoms with Crippen LogP contribution in [-0.4, -0.2) is 34.4 Å². The van der Waals surface area contributed by atoms with Crippen molar-refractivity contribution in [1.29, 1.82) is 0 Å². The molecule has 1 amide bonds. The number of carbonyl (C=O) groups is 1. The molecule has 0 aliphatic carbocycles. The van der Waals surface area contributed by atoms with Crippen LogP contribution in [0.5, 0.6) is 0 Å². The first-order valence-corrected chi connectivity index (χ1v) is 6.92. The second-order valence-electron chi connectivity index (χ2n) is 4.88. The number of likely N-dealkylation sites (tertiary alicyclic amines) is 1. The Labute approximate surface area is 129 Å². The van der Waals surface area contributed by atoms with Gasteiger partial charge in [-0.3, -0.25) is 4.79 Å². The van der Waals surface area contributed by atoms with E-state index in [1.165, 1.54) is 4.88 Å². The number of fused-ring (bicyclic) bond motifs is 1. The van der Waals surface area contributed by atoms with Crippen molar-refractivity contribution in [2.45, 2.75) is 45.3 Å². The average Bonchev–Trinajstić information content (AvgIpc) is 2.88. The van der Waals surface area contributed by atoms with Crippen molar-refractivity contribution in [3.8, 4) is 0 Å². The van der Waals surface area contributed by atoms with Gasteiger partial charge in [-0.05, 0) is 26.8 Å². The molecule has 7 heteroatoms. The monoisotopic (exact) mass is 323 g/mol. The van der Waals surface area contributed by atoms with Gasteiger partial charge in [-0.1, -0.05) is 0 Å². The molecule has 1 N–H and O–H groups in total. The molecule has 3 heterocycles. The molecule has 4 nitrogen and oxygen atoms in total. The Bertz CT molecular complexity index is 466. The molecule has 0 aromatic carbocycles. The maximum atomic E-state index is 12.0. The summed E-state index contributed by atoms with van der Waals surface area (Å²) in [6.45, 7) is 5.84. The van der Waals surface area contributed by atoms with Crippen LogP contribution in [0.15, 0.2) is 0 Å². The number of nitrogens with one attached hydrogen (secondary N) is 1. The van der Waals surface area contributed by atoms with Crippen LogP contribution in [0.1, 0.15) is 28.4 Å². The summed E-state index contributed by atoms with van der Waals surface area (Å²) in [5, 5.41) is 4.50. The number of hydrogen-bond donors (Lipinski definition) is 1. The van der Waals surface area contributed by atoms with E-state index >= 15 is 0 Å². The molecular formula is C12H19Cl2N3OS. The first kappa shape index (κ1) is 16.7. The van der Waals surface area contributed by atoms with Crippen molar-refractivity contribution in [2.24, 2.45) is 0 Å². The number of nitrogens with zero attached hydrogens (tertiary/aromatic N) is 2. The first-order valence-electron chi connectivity index (χ1n) is 6.11. The normalized spacial score (nSPS) is 24.9. The van der Waals surface area contributed by atoms with Gasteiger partial charge in [-0.25, -0.2) is 4.98 Å². The molecule has 0 radical (unpaired) electrons. The highest BCUT2D eigenvalue weighted by Gasteiger charge is 2.42. The SMILES string of the molecule is Cc1nc(C)c(CN2C(=O)C[C@H]3NCC[C@H]32)s1.Cl.Cl. The fourth-order valence-electron chi connectivity index (χ4n) is 2.91. The molecule has 1 aromatic rings. The van der Waals surface area contributed by atoms with E-state index in [1.54, 1.807) is 11.3 Å². The molecule has 3 rings (SSSR count). The van der Waals surface area contributed by atoms with Gasteiger partial charge in [0, 0.05) is 23.4 Å². The van der Waals surface area contributed by atoms with Crippen LogP contribution in [0.4, 0.5) is 0 Å². The summed E-state index contributed by atoms with van der Waals surface area (Å²) in [4.78, 5) is 19.7. The maximum absolute atomic E-state index is 12.0. The van der Waals surface area contributed by atoms with Gasteiger partial charge in [0.2, 0.25) is 5.91 Å². The van der Waals surface area contributed by atoms with Crippen LogP contribution in [-0.2, 0) is 11.3 Å². The number of rotatable bonds is 2. The van der Waals surface area contributed by atoms with E-state index < -0.39 is 0 Å². The molecule has 108 valence electrons. The fraction of sp³-hybridized carbons (Fsp3) is 0.667. The molecule has 2 atom stereocenters. The van der Waals surface area contributed by atoms with E-state index in [0.717, 1.165) is 30.2 Å². The van der Waals surface area contributed by atoms with E-state index in [1.807, 2.05) is 18.7 Å². The summed E-state index contributed by atoms with van der Waals surface area (Å²) in [5.41, 5.74) is 1.08. The van der Waals surface area contributed by atoms with Gasteiger partial charge in [0.1, 0.15) is 0 Å². The highest BCUT2D eigenvalue weighted by molar-refractivity contribution is 7.11. The summed E-state index contributed by atoms with van der Waals surface area (Å²) in [6, 6.07) is 0.793. The van der Waals surface area contributed by atoms with E-state index in [4.69, 9.17) is 0 Å². The molecule has 2 aliphatic rings. The van der Waals surface area contributed by atoms with Gasteiger partial charge in [0.25, 0.3) is 0 Å². The van der Waals surface area contributed by atoms with E-state index in [0.29, 0.717) is 18.5 Å². The van der Waals surface area contributed by atoms with Crippen LogP contribution < -0.4 is 5.32 Å². The number of amides is 1. The Morgan fingerprint density at radius 3 is 2.79 bits per heavy atom. The zero-order chi connectivity index (χ0) is 12.0. The van der Waals surface area contributed by atoms with Crippen molar-refractivity contribution in [1.82, 2.24) is 15.2 Å². The minimum absolute atomic E-state index is 0. The largest absolute Gasteiger partial charge is 0.333 e. The predicted octanol–water partition coefficient (Wildman–Crippen LogP) is 2.07. The lowest BCUT2D eigenvalue weighted by molar-refractivity contribution is -0.129. The van der Waals surface area contributed by atoms with Crippen LogP contribution in [0.3, 0.4) is 0 Å². The fourth-order valence-corrected chi connectivity index (χ4v) is 3.84. The lowest BCUT2D eigenvalue weighted by atomic mass is 10.1. The number of aryl methyl sites for hydroxylation is 2. The third kappa shape index (κ3) is 3.05. The molecule has 0 spiro atoms. The van der Waals surface area contributed by atoms with Crippen molar-refractivity contribution >= 4 is 42.1 Å². The number of aromatic nitrogens is 1. The maximum Gasteiger partial charge on any atom is 0.224 e. The van der Waals surface area contributed by atoms with Gasteiger partial charge in [0.05, 0.1) is 17.2 Å². The lowest BCUT2D eigenvalue weighted by Crippen LogP contribution is -2.35. The summed E-state index contributed by atoms with van der Waals surface area (Å²) < 4.78 is 0. The van der Waals surface area contributed by atoms with Gasteiger partial charge < -0.3 is 10.2 Å². The topological polar surface area (TPSA) is 45.2 Å². The van der Waals surface area contributed by atoms with E-state index in [-0.39, 0.29) is 30.7 Å². The summed E-state index contributed by atoms with van der Waals surface area (Å²) >= 11 is 1.71. The van der Waals surface area contributed by atoms with Crippen LogP contribution in [0.25, 0.3) is 0 Å². The minimum Gasteiger partial charge on any atom is -0.333 e. The minimum atomic E-state index is 0. The zero-order valence-corrected chi connectivity index (χ0v) is 13.5.